The Balaban J connectivity index is 1.77. The average molecular weight is 312 g/mol. The van der Waals surface area contributed by atoms with Crippen LogP contribution in [-0.2, 0) is 4.79 Å². The van der Waals surface area contributed by atoms with Crippen LogP contribution in [0.2, 0.25) is 0 Å². The fourth-order valence-electron chi connectivity index (χ4n) is 1.95. The monoisotopic (exact) mass is 312 g/mol. The van der Waals surface area contributed by atoms with Crippen molar-refractivity contribution < 1.29 is 9.18 Å². The Bertz CT molecular complexity index is 806. The summed E-state index contributed by atoms with van der Waals surface area (Å²) in [6.07, 6.45) is 3.12. The molecule has 110 valence electrons. The van der Waals surface area contributed by atoms with E-state index in [1.807, 2.05) is 24.3 Å². The summed E-state index contributed by atoms with van der Waals surface area (Å²) >= 11 is 1.47. The van der Waals surface area contributed by atoms with Crippen LogP contribution in [0.1, 0.15) is 5.56 Å². The van der Waals surface area contributed by atoms with Gasteiger partial charge in [-0.1, -0.05) is 35.6 Å². The van der Waals surface area contributed by atoms with Gasteiger partial charge in [0.15, 0.2) is 5.13 Å². The third-order valence-corrected chi connectivity index (χ3v) is 4.30. The molecule has 1 heterocycles. The van der Waals surface area contributed by atoms with Gasteiger partial charge >= 0.3 is 0 Å². The van der Waals surface area contributed by atoms with Crippen LogP contribution in [0.3, 0.4) is 0 Å². The molecular formula is C17H13FN2OS. The van der Waals surface area contributed by atoms with Crippen LogP contribution in [-0.4, -0.2) is 17.9 Å². The highest BCUT2D eigenvalue weighted by Crippen LogP contribution is 2.27. The van der Waals surface area contributed by atoms with E-state index in [1.54, 1.807) is 25.3 Å². The maximum Gasteiger partial charge on any atom is 0.252 e. The van der Waals surface area contributed by atoms with E-state index in [0.29, 0.717) is 5.13 Å². The van der Waals surface area contributed by atoms with Gasteiger partial charge in [0.1, 0.15) is 5.82 Å². The van der Waals surface area contributed by atoms with Crippen molar-refractivity contribution in [3.8, 4) is 0 Å². The van der Waals surface area contributed by atoms with Crippen molar-refractivity contribution in [1.29, 1.82) is 0 Å². The summed E-state index contributed by atoms with van der Waals surface area (Å²) in [6.45, 7) is 0. The maximum absolute atomic E-state index is 12.8. The van der Waals surface area contributed by atoms with E-state index in [0.717, 1.165) is 15.8 Å². The number of aromatic nitrogens is 1. The molecule has 3 rings (SSSR count). The van der Waals surface area contributed by atoms with Crippen molar-refractivity contribution in [3.05, 3.63) is 66.0 Å². The molecule has 22 heavy (non-hydrogen) atoms. The first kappa shape index (κ1) is 14.4. The number of hydrogen-bond donors (Lipinski definition) is 0. The standard InChI is InChI=1S/C17H13FN2OS/c1-20(17-19-14-4-2-3-5-15(14)22-17)16(21)11-8-12-6-9-13(18)10-7-12/h2-11H,1H3/b11-8+. The van der Waals surface area contributed by atoms with Crippen LogP contribution in [0.25, 0.3) is 16.3 Å². The first-order chi connectivity index (χ1) is 10.6. The zero-order valence-electron chi connectivity index (χ0n) is 11.9. The lowest BCUT2D eigenvalue weighted by Gasteiger charge is -2.10. The summed E-state index contributed by atoms with van der Waals surface area (Å²) in [5.41, 5.74) is 1.65. The summed E-state index contributed by atoms with van der Waals surface area (Å²) in [5, 5.41) is 0.648. The zero-order valence-corrected chi connectivity index (χ0v) is 12.7. The number of carbonyl (C=O) groups is 1. The van der Waals surface area contributed by atoms with Crippen LogP contribution >= 0.6 is 11.3 Å². The van der Waals surface area contributed by atoms with Gasteiger partial charge in [-0.05, 0) is 35.9 Å². The van der Waals surface area contributed by atoms with E-state index in [-0.39, 0.29) is 11.7 Å². The van der Waals surface area contributed by atoms with Crippen molar-refractivity contribution in [2.75, 3.05) is 11.9 Å². The van der Waals surface area contributed by atoms with Gasteiger partial charge in [0.25, 0.3) is 5.91 Å². The number of rotatable bonds is 3. The smallest absolute Gasteiger partial charge is 0.252 e. The summed E-state index contributed by atoms with van der Waals surface area (Å²) in [4.78, 5) is 18.1. The fraction of sp³-hybridized carbons (Fsp3) is 0.0588. The fourth-order valence-corrected chi connectivity index (χ4v) is 2.88. The van der Waals surface area contributed by atoms with E-state index < -0.39 is 0 Å². The molecule has 5 heteroatoms. The third kappa shape index (κ3) is 3.04. The summed E-state index contributed by atoms with van der Waals surface area (Å²) in [6, 6.07) is 13.7. The number of nitrogens with zero attached hydrogens (tertiary/aromatic N) is 2. The molecule has 1 aromatic heterocycles. The van der Waals surface area contributed by atoms with Gasteiger partial charge in [-0.2, -0.15) is 0 Å². The van der Waals surface area contributed by atoms with Gasteiger partial charge in [-0.3, -0.25) is 9.69 Å². The molecule has 2 aromatic carbocycles. The normalized spacial score (nSPS) is 11.2. The Morgan fingerprint density at radius 2 is 1.91 bits per heavy atom. The second kappa shape index (κ2) is 6.07. The van der Waals surface area contributed by atoms with Gasteiger partial charge < -0.3 is 0 Å². The Labute approximate surface area is 131 Å². The molecular weight excluding hydrogens is 299 g/mol. The van der Waals surface area contributed by atoms with Crippen LogP contribution < -0.4 is 4.90 Å². The molecule has 0 spiro atoms. The van der Waals surface area contributed by atoms with E-state index in [4.69, 9.17) is 0 Å². The molecule has 0 aliphatic heterocycles. The molecule has 0 saturated carbocycles. The van der Waals surface area contributed by atoms with Crippen LogP contribution in [0, 0.1) is 5.82 Å². The minimum atomic E-state index is -0.296. The van der Waals surface area contributed by atoms with Gasteiger partial charge in [-0.15, -0.1) is 0 Å². The average Bonchev–Trinajstić information content (AvgIpc) is 2.97. The second-order valence-electron chi connectivity index (χ2n) is 4.75. The number of para-hydroxylation sites is 1. The molecule has 0 unspecified atom stereocenters. The largest absolute Gasteiger partial charge is 0.288 e. The Morgan fingerprint density at radius 3 is 2.64 bits per heavy atom. The molecule has 0 fully saturated rings. The molecule has 0 radical (unpaired) electrons. The summed E-state index contributed by atoms with van der Waals surface area (Å²) in [5.74, 6) is -0.474. The molecule has 0 aliphatic carbocycles. The molecule has 0 N–H and O–H groups in total. The highest BCUT2D eigenvalue weighted by atomic mass is 32.1. The number of benzene rings is 2. The Kier molecular flexibility index (Phi) is 3.98. The molecule has 0 atom stereocenters. The number of fused-ring (bicyclic) bond motifs is 1. The van der Waals surface area contributed by atoms with E-state index in [2.05, 4.69) is 4.98 Å². The van der Waals surface area contributed by atoms with Crippen molar-refractivity contribution in [3.63, 3.8) is 0 Å². The van der Waals surface area contributed by atoms with E-state index >= 15 is 0 Å². The number of hydrogen-bond acceptors (Lipinski definition) is 3. The SMILES string of the molecule is CN(C(=O)/C=C/c1ccc(F)cc1)c1nc2ccccc2s1. The van der Waals surface area contributed by atoms with E-state index in [9.17, 15) is 9.18 Å². The lowest BCUT2D eigenvalue weighted by Crippen LogP contribution is -2.23. The van der Waals surface area contributed by atoms with Crippen LogP contribution in [0.15, 0.2) is 54.6 Å². The molecule has 1 amide bonds. The number of halogens is 1. The summed E-state index contributed by atoms with van der Waals surface area (Å²) in [7, 11) is 1.69. The predicted molar refractivity (Wildman–Crippen MR) is 88.5 cm³/mol. The molecule has 3 nitrogen and oxygen atoms in total. The number of anilines is 1. The molecule has 0 saturated heterocycles. The lowest BCUT2D eigenvalue weighted by molar-refractivity contribution is -0.113. The summed E-state index contributed by atoms with van der Waals surface area (Å²) < 4.78 is 13.9. The van der Waals surface area contributed by atoms with Crippen molar-refractivity contribution in [2.24, 2.45) is 0 Å². The minimum absolute atomic E-state index is 0.177. The highest BCUT2D eigenvalue weighted by molar-refractivity contribution is 7.22. The van der Waals surface area contributed by atoms with Crippen LogP contribution in [0.4, 0.5) is 9.52 Å². The lowest BCUT2D eigenvalue weighted by atomic mass is 10.2. The van der Waals surface area contributed by atoms with Gasteiger partial charge in [0, 0.05) is 13.1 Å². The quantitative estimate of drug-likeness (QED) is 0.682. The molecule has 0 aliphatic rings. The number of thiazole rings is 1. The Morgan fingerprint density at radius 1 is 1.18 bits per heavy atom. The molecule has 3 aromatic rings. The van der Waals surface area contributed by atoms with E-state index in [1.165, 1.54) is 34.4 Å². The first-order valence-corrected chi connectivity index (χ1v) is 7.52. The van der Waals surface area contributed by atoms with Crippen molar-refractivity contribution >= 4 is 38.7 Å². The number of carbonyl (C=O) groups excluding carboxylic acids is 1. The minimum Gasteiger partial charge on any atom is -0.288 e. The van der Waals surface area contributed by atoms with Gasteiger partial charge in [0.05, 0.1) is 10.2 Å². The highest BCUT2D eigenvalue weighted by Gasteiger charge is 2.12. The number of likely N-dealkylation sites (N-methyl/N-ethyl adjacent to an activating group) is 1. The van der Waals surface area contributed by atoms with Gasteiger partial charge in [0.2, 0.25) is 0 Å². The van der Waals surface area contributed by atoms with Crippen molar-refractivity contribution in [1.82, 2.24) is 4.98 Å². The number of amides is 1. The topological polar surface area (TPSA) is 33.2 Å². The maximum atomic E-state index is 12.8. The first-order valence-electron chi connectivity index (χ1n) is 6.70. The second-order valence-corrected chi connectivity index (χ2v) is 5.76. The predicted octanol–water partition coefficient (Wildman–Crippen LogP) is 4.11. The third-order valence-electron chi connectivity index (χ3n) is 3.19. The Hall–Kier alpha value is -2.53. The van der Waals surface area contributed by atoms with Gasteiger partial charge in [-0.25, -0.2) is 9.37 Å². The molecule has 0 bridgehead atoms. The zero-order chi connectivity index (χ0) is 15.5. The van der Waals surface area contributed by atoms with Crippen molar-refractivity contribution in [2.45, 2.75) is 0 Å². The van der Waals surface area contributed by atoms with Crippen LogP contribution in [0.5, 0.6) is 0 Å².